The largest absolute Gasteiger partial charge is 0.484 e. The molecule has 112 valence electrons. The van der Waals surface area contributed by atoms with Gasteiger partial charge in [0.2, 0.25) is 0 Å². The molecule has 1 aliphatic heterocycles. The maximum Gasteiger partial charge on any atom is 0.260 e. The third-order valence-corrected chi connectivity index (χ3v) is 3.49. The fourth-order valence-electron chi connectivity index (χ4n) is 2.22. The number of hydrogen-bond acceptors (Lipinski definition) is 5. The topological polar surface area (TPSA) is 76.8 Å². The van der Waals surface area contributed by atoms with Crippen molar-refractivity contribution in [2.75, 3.05) is 45.9 Å². The molecule has 6 nitrogen and oxygen atoms in total. The summed E-state index contributed by atoms with van der Waals surface area (Å²) in [5, 5.41) is 17.6. The molecule has 0 aliphatic carbocycles. The van der Waals surface area contributed by atoms with Crippen molar-refractivity contribution in [1.82, 2.24) is 9.80 Å². The number of nitriles is 1. The van der Waals surface area contributed by atoms with Gasteiger partial charge in [-0.25, -0.2) is 0 Å². The molecule has 1 aromatic carbocycles. The zero-order chi connectivity index (χ0) is 15.1. The third kappa shape index (κ3) is 4.45. The van der Waals surface area contributed by atoms with Crippen LogP contribution < -0.4 is 4.74 Å². The van der Waals surface area contributed by atoms with E-state index in [-0.39, 0.29) is 19.1 Å². The van der Waals surface area contributed by atoms with Gasteiger partial charge < -0.3 is 14.7 Å². The van der Waals surface area contributed by atoms with Crippen LogP contribution in [0.4, 0.5) is 0 Å². The van der Waals surface area contributed by atoms with Crippen LogP contribution in [0.1, 0.15) is 5.56 Å². The van der Waals surface area contributed by atoms with Crippen LogP contribution >= 0.6 is 0 Å². The fourth-order valence-corrected chi connectivity index (χ4v) is 2.22. The summed E-state index contributed by atoms with van der Waals surface area (Å²) >= 11 is 0. The molecule has 1 amide bonds. The number of piperazine rings is 1. The van der Waals surface area contributed by atoms with E-state index < -0.39 is 0 Å². The Kier molecular flexibility index (Phi) is 5.55. The van der Waals surface area contributed by atoms with Crippen LogP contribution in [0.25, 0.3) is 0 Å². The molecule has 0 bridgehead atoms. The Hall–Kier alpha value is -2.10. The molecule has 1 aliphatic rings. The van der Waals surface area contributed by atoms with Gasteiger partial charge in [0.1, 0.15) is 5.75 Å². The van der Waals surface area contributed by atoms with E-state index in [1.165, 1.54) is 0 Å². The standard InChI is InChI=1S/C15H19N3O3/c16-11-13-1-3-14(4-2-13)21-12-15(20)18-7-5-17(6-8-18)9-10-19/h1-4,19H,5-10,12H2. The molecule has 0 aromatic heterocycles. The van der Waals surface area contributed by atoms with E-state index in [9.17, 15) is 4.79 Å². The van der Waals surface area contributed by atoms with E-state index in [4.69, 9.17) is 15.1 Å². The molecule has 6 heteroatoms. The minimum Gasteiger partial charge on any atom is -0.484 e. The van der Waals surface area contributed by atoms with Gasteiger partial charge in [-0.05, 0) is 24.3 Å². The molecule has 0 atom stereocenters. The van der Waals surface area contributed by atoms with Crippen LogP contribution in [0.2, 0.25) is 0 Å². The van der Waals surface area contributed by atoms with E-state index in [1.807, 2.05) is 6.07 Å². The zero-order valence-corrected chi connectivity index (χ0v) is 11.9. The Morgan fingerprint density at radius 1 is 1.24 bits per heavy atom. The first-order chi connectivity index (χ1) is 10.2. The molecule has 1 N–H and O–H groups in total. The number of β-amino-alcohol motifs (C(OH)–C–C–N with tert-alkyl or cyclic N) is 1. The minimum atomic E-state index is -0.0389. The van der Waals surface area contributed by atoms with Gasteiger partial charge in [0.25, 0.3) is 5.91 Å². The molecule has 0 spiro atoms. The molecular weight excluding hydrogens is 270 g/mol. The Balaban J connectivity index is 1.76. The van der Waals surface area contributed by atoms with Crippen molar-refractivity contribution >= 4 is 5.91 Å². The molecule has 1 aromatic rings. The zero-order valence-electron chi connectivity index (χ0n) is 11.9. The van der Waals surface area contributed by atoms with Crippen LogP contribution in [-0.4, -0.2) is 66.8 Å². The summed E-state index contributed by atoms with van der Waals surface area (Å²) in [7, 11) is 0. The second-order valence-corrected chi connectivity index (χ2v) is 4.87. The number of carbonyl (C=O) groups excluding carboxylic acids is 1. The van der Waals surface area contributed by atoms with Crippen molar-refractivity contribution in [3.8, 4) is 11.8 Å². The number of benzene rings is 1. The lowest BCUT2D eigenvalue weighted by atomic mass is 10.2. The van der Waals surface area contributed by atoms with Crippen molar-refractivity contribution in [1.29, 1.82) is 5.26 Å². The average Bonchev–Trinajstić information content (AvgIpc) is 2.54. The van der Waals surface area contributed by atoms with Gasteiger partial charge in [-0.15, -0.1) is 0 Å². The smallest absolute Gasteiger partial charge is 0.260 e. The van der Waals surface area contributed by atoms with Crippen LogP contribution in [-0.2, 0) is 4.79 Å². The molecule has 1 heterocycles. The Morgan fingerprint density at radius 2 is 1.90 bits per heavy atom. The number of aliphatic hydroxyl groups excluding tert-OH is 1. The van der Waals surface area contributed by atoms with Crippen molar-refractivity contribution in [3.05, 3.63) is 29.8 Å². The van der Waals surface area contributed by atoms with Gasteiger partial charge in [-0.1, -0.05) is 0 Å². The van der Waals surface area contributed by atoms with Crippen molar-refractivity contribution in [2.24, 2.45) is 0 Å². The van der Waals surface area contributed by atoms with Crippen molar-refractivity contribution in [2.45, 2.75) is 0 Å². The summed E-state index contributed by atoms with van der Waals surface area (Å²) < 4.78 is 5.44. The predicted octanol–water partition coefficient (Wildman–Crippen LogP) is 0.0736. The van der Waals surface area contributed by atoms with Gasteiger partial charge >= 0.3 is 0 Å². The summed E-state index contributed by atoms with van der Waals surface area (Å²) in [6.45, 7) is 3.70. The third-order valence-electron chi connectivity index (χ3n) is 3.49. The predicted molar refractivity (Wildman–Crippen MR) is 76.8 cm³/mol. The van der Waals surface area contributed by atoms with Crippen LogP contribution in [0.15, 0.2) is 24.3 Å². The Labute approximate surface area is 124 Å². The average molecular weight is 289 g/mol. The number of carbonyl (C=O) groups is 1. The number of amides is 1. The first-order valence-electron chi connectivity index (χ1n) is 6.97. The van der Waals surface area contributed by atoms with E-state index >= 15 is 0 Å². The number of ether oxygens (including phenoxy) is 1. The fraction of sp³-hybridized carbons (Fsp3) is 0.467. The second kappa shape index (κ2) is 7.62. The summed E-state index contributed by atoms with van der Waals surface area (Å²) in [4.78, 5) is 15.9. The molecule has 21 heavy (non-hydrogen) atoms. The molecule has 1 fully saturated rings. The van der Waals surface area contributed by atoms with Crippen molar-refractivity contribution < 1.29 is 14.6 Å². The maximum atomic E-state index is 12.0. The highest BCUT2D eigenvalue weighted by molar-refractivity contribution is 5.77. The Morgan fingerprint density at radius 3 is 2.48 bits per heavy atom. The number of rotatable bonds is 5. The van der Waals surface area contributed by atoms with E-state index in [0.717, 1.165) is 13.1 Å². The number of hydrogen-bond donors (Lipinski definition) is 1. The highest BCUT2D eigenvalue weighted by Gasteiger charge is 2.20. The SMILES string of the molecule is N#Cc1ccc(OCC(=O)N2CCN(CCO)CC2)cc1. The van der Waals surface area contributed by atoms with Gasteiger partial charge in [0, 0.05) is 32.7 Å². The normalized spacial score (nSPS) is 15.5. The van der Waals surface area contributed by atoms with Crippen LogP contribution in [0, 0.1) is 11.3 Å². The number of nitrogens with zero attached hydrogens (tertiary/aromatic N) is 3. The van der Waals surface area contributed by atoms with Crippen molar-refractivity contribution in [3.63, 3.8) is 0 Å². The summed E-state index contributed by atoms with van der Waals surface area (Å²) in [6.07, 6.45) is 0. The molecule has 0 radical (unpaired) electrons. The maximum absolute atomic E-state index is 12.0. The molecular formula is C15H19N3O3. The van der Waals surface area contributed by atoms with Gasteiger partial charge in [-0.3, -0.25) is 9.69 Å². The minimum absolute atomic E-state index is 0.00585. The van der Waals surface area contributed by atoms with E-state index in [2.05, 4.69) is 4.90 Å². The summed E-state index contributed by atoms with van der Waals surface area (Å²) in [5.41, 5.74) is 0.564. The Bertz CT molecular complexity index is 502. The van der Waals surface area contributed by atoms with Gasteiger partial charge in [-0.2, -0.15) is 5.26 Å². The summed E-state index contributed by atoms with van der Waals surface area (Å²) in [6, 6.07) is 8.72. The van der Waals surface area contributed by atoms with Crippen LogP contribution in [0.5, 0.6) is 5.75 Å². The molecule has 1 saturated heterocycles. The van der Waals surface area contributed by atoms with Gasteiger partial charge in [0.05, 0.1) is 18.2 Å². The lowest BCUT2D eigenvalue weighted by Crippen LogP contribution is -2.50. The number of aliphatic hydroxyl groups is 1. The molecule has 2 rings (SSSR count). The van der Waals surface area contributed by atoms with Gasteiger partial charge in [0.15, 0.2) is 6.61 Å². The van der Waals surface area contributed by atoms with E-state index in [1.54, 1.807) is 29.2 Å². The molecule has 0 saturated carbocycles. The quantitative estimate of drug-likeness (QED) is 0.830. The van der Waals surface area contributed by atoms with Crippen LogP contribution in [0.3, 0.4) is 0 Å². The molecule has 0 unspecified atom stereocenters. The first-order valence-corrected chi connectivity index (χ1v) is 6.97. The summed E-state index contributed by atoms with van der Waals surface area (Å²) in [5.74, 6) is 0.546. The first kappa shape index (κ1) is 15.3. The highest BCUT2D eigenvalue weighted by atomic mass is 16.5. The lowest BCUT2D eigenvalue weighted by molar-refractivity contribution is -0.135. The lowest BCUT2D eigenvalue weighted by Gasteiger charge is -2.34. The second-order valence-electron chi connectivity index (χ2n) is 4.87. The monoisotopic (exact) mass is 289 g/mol. The highest BCUT2D eigenvalue weighted by Crippen LogP contribution is 2.12. The van der Waals surface area contributed by atoms with E-state index in [0.29, 0.717) is 30.9 Å².